The minimum atomic E-state index is 0.616. The predicted octanol–water partition coefficient (Wildman–Crippen LogP) is 2.11. The van der Waals surface area contributed by atoms with E-state index in [0.29, 0.717) is 5.82 Å². The van der Waals surface area contributed by atoms with Crippen LogP contribution in [0.25, 0.3) is 0 Å². The Bertz CT molecular complexity index is 261. The zero-order valence-electron chi connectivity index (χ0n) is 7.92. The number of anilines is 1. The van der Waals surface area contributed by atoms with Crippen LogP contribution in [0.15, 0.2) is 6.07 Å². The zero-order chi connectivity index (χ0) is 9.10. The van der Waals surface area contributed by atoms with Crippen LogP contribution >= 0.6 is 0 Å². The summed E-state index contributed by atoms with van der Waals surface area (Å²) in [4.78, 5) is 0. The highest BCUT2D eigenvalue weighted by atomic mass is 15.1. The summed E-state index contributed by atoms with van der Waals surface area (Å²) in [7, 11) is 0. The van der Waals surface area contributed by atoms with Crippen molar-refractivity contribution in [2.45, 2.75) is 38.5 Å². The van der Waals surface area contributed by atoms with E-state index in [4.69, 9.17) is 5.73 Å². The van der Waals surface area contributed by atoms with Crippen molar-refractivity contribution in [2.24, 2.45) is 5.92 Å². The Balaban J connectivity index is 1.89. The first-order chi connectivity index (χ1) is 6.34. The van der Waals surface area contributed by atoms with Crippen LogP contribution in [0.3, 0.4) is 0 Å². The lowest BCUT2D eigenvalue weighted by atomic mass is 9.86. The minimum absolute atomic E-state index is 0.616. The summed E-state index contributed by atoms with van der Waals surface area (Å²) in [6, 6.07) is 1.95. The molecule has 0 aromatic carbocycles. The van der Waals surface area contributed by atoms with Gasteiger partial charge in [-0.1, -0.05) is 32.1 Å². The molecule has 0 saturated heterocycles. The normalized spacial score (nSPS) is 19.1. The molecule has 0 unspecified atom stereocenters. The van der Waals surface area contributed by atoms with Crippen LogP contribution in [0.1, 0.15) is 37.8 Å². The molecule has 0 atom stereocenters. The third-order valence-electron chi connectivity index (χ3n) is 2.88. The van der Waals surface area contributed by atoms with E-state index in [-0.39, 0.29) is 0 Å². The van der Waals surface area contributed by atoms with E-state index in [1.807, 2.05) is 6.07 Å². The SMILES string of the molecule is Nc1cc(CC2CCCCC2)[nH]n1. The van der Waals surface area contributed by atoms with Crippen molar-refractivity contribution in [1.82, 2.24) is 10.2 Å². The minimum Gasteiger partial charge on any atom is -0.382 e. The van der Waals surface area contributed by atoms with Crippen LogP contribution in [0, 0.1) is 5.92 Å². The predicted molar refractivity (Wildman–Crippen MR) is 53.3 cm³/mol. The Morgan fingerprint density at radius 2 is 2.15 bits per heavy atom. The van der Waals surface area contributed by atoms with Crippen molar-refractivity contribution in [3.8, 4) is 0 Å². The standard InChI is InChI=1S/C10H17N3/c11-10-7-9(12-13-10)6-8-4-2-1-3-5-8/h7-8H,1-6H2,(H3,11,12,13). The second kappa shape index (κ2) is 3.81. The second-order valence-corrected chi connectivity index (χ2v) is 4.03. The van der Waals surface area contributed by atoms with E-state index in [9.17, 15) is 0 Å². The number of H-pyrrole nitrogens is 1. The smallest absolute Gasteiger partial charge is 0.145 e. The molecule has 0 spiro atoms. The lowest BCUT2D eigenvalue weighted by Crippen LogP contribution is -2.09. The number of aromatic nitrogens is 2. The summed E-state index contributed by atoms with van der Waals surface area (Å²) < 4.78 is 0. The van der Waals surface area contributed by atoms with Gasteiger partial charge in [-0.2, -0.15) is 5.10 Å². The molecule has 13 heavy (non-hydrogen) atoms. The molecule has 0 amide bonds. The number of aromatic amines is 1. The summed E-state index contributed by atoms with van der Waals surface area (Å²) in [5, 5.41) is 6.91. The average Bonchev–Trinajstić information content (AvgIpc) is 2.53. The molecule has 1 heterocycles. The van der Waals surface area contributed by atoms with Gasteiger partial charge in [-0.15, -0.1) is 0 Å². The highest BCUT2D eigenvalue weighted by Gasteiger charge is 2.14. The molecule has 1 fully saturated rings. The van der Waals surface area contributed by atoms with Gasteiger partial charge in [-0.3, -0.25) is 5.10 Å². The number of hydrogen-bond donors (Lipinski definition) is 2. The Hall–Kier alpha value is -0.990. The largest absolute Gasteiger partial charge is 0.382 e. The topological polar surface area (TPSA) is 54.7 Å². The zero-order valence-corrected chi connectivity index (χ0v) is 7.92. The number of nitrogens with zero attached hydrogens (tertiary/aromatic N) is 1. The fraction of sp³-hybridized carbons (Fsp3) is 0.700. The Morgan fingerprint density at radius 1 is 1.38 bits per heavy atom. The molecule has 1 aromatic rings. The van der Waals surface area contributed by atoms with Gasteiger partial charge in [0.05, 0.1) is 0 Å². The van der Waals surface area contributed by atoms with Gasteiger partial charge in [0.25, 0.3) is 0 Å². The van der Waals surface area contributed by atoms with Crippen molar-refractivity contribution >= 4 is 5.82 Å². The van der Waals surface area contributed by atoms with Crippen molar-refractivity contribution in [2.75, 3.05) is 5.73 Å². The van der Waals surface area contributed by atoms with E-state index in [0.717, 1.165) is 12.3 Å². The average molecular weight is 179 g/mol. The molecule has 1 aliphatic carbocycles. The van der Waals surface area contributed by atoms with Gasteiger partial charge < -0.3 is 5.73 Å². The van der Waals surface area contributed by atoms with E-state index < -0.39 is 0 Å². The maximum absolute atomic E-state index is 5.54. The molecule has 72 valence electrons. The van der Waals surface area contributed by atoms with Crippen LogP contribution in [0.2, 0.25) is 0 Å². The maximum atomic E-state index is 5.54. The fourth-order valence-corrected chi connectivity index (χ4v) is 2.19. The molecular weight excluding hydrogens is 162 g/mol. The van der Waals surface area contributed by atoms with Gasteiger partial charge in [0, 0.05) is 11.8 Å². The number of nitrogens with two attached hydrogens (primary N) is 1. The summed E-state index contributed by atoms with van der Waals surface area (Å²) in [6.45, 7) is 0. The Morgan fingerprint density at radius 3 is 2.77 bits per heavy atom. The highest BCUT2D eigenvalue weighted by molar-refractivity contribution is 5.28. The second-order valence-electron chi connectivity index (χ2n) is 4.03. The van der Waals surface area contributed by atoms with Crippen LogP contribution in [-0.4, -0.2) is 10.2 Å². The first-order valence-electron chi connectivity index (χ1n) is 5.14. The molecule has 0 bridgehead atoms. The van der Waals surface area contributed by atoms with Crippen LogP contribution in [0.4, 0.5) is 5.82 Å². The van der Waals surface area contributed by atoms with Crippen molar-refractivity contribution in [1.29, 1.82) is 0 Å². The van der Waals surface area contributed by atoms with Crippen LogP contribution in [-0.2, 0) is 6.42 Å². The molecule has 3 heteroatoms. The van der Waals surface area contributed by atoms with Crippen molar-refractivity contribution in [3.05, 3.63) is 11.8 Å². The van der Waals surface area contributed by atoms with Crippen LogP contribution < -0.4 is 5.73 Å². The summed E-state index contributed by atoms with van der Waals surface area (Å²) in [5.74, 6) is 1.47. The number of hydrogen-bond acceptors (Lipinski definition) is 2. The third kappa shape index (κ3) is 2.23. The molecule has 3 nitrogen and oxygen atoms in total. The van der Waals surface area contributed by atoms with E-state index in [1.54, 1.807) is 0 Å². The molecule has 1 aliphatic rings. The fourth-order valence-electron chi connectivity index (χ4n) is 2.19. The van der Waals surface area contributed by atoms with Gasteiger partial charge in [0.2, 0.25) is 0 Å². The lowest BCUT2D eigenvalue weighted by Gasteiger charge is -2.20. The molecule has 3 N–H and O–H groups in total. The van der Waals surface area contributed by atoms with E-state index in [1.165, 1.54) is 37.8 Å². The molecule has 0 radical (unpaired) electrons. The van der Waals surface area contributed by atoms with Crippen molar-refractivity contribution in [3.63, 3.8) is 0 Å². The number of nitrogen functional groups attached to an aromatic ring is 1. The lowest BCUT2D eigenvalue weighted by molar-refractivity contribution is 0.354. The molecule has 0 aliphatic heterocycles. The Kier molecular flexibility index (Phi) is 2.52. The van der Waals surface area contributed by atoms with Gasteiger partial charge in [-0.05, 0) is 12.3 Å². The highest BCUT2D eigenvalue weighted by Crippen LogP contribution is 2.26. The molecule has 1 aromatic heterocycles. The summed E-state index contributed by atoms with van der Waals surface area (Å²) in [5.41, 5.74) is 6.74. The van der Waals surface area contributed by atoms with E-state index in [2.05, 4.69) is 10.2 Å². The van der Waals surface area contributed by atoms with Crippen LogP contribution in [0.5, 0.6) is 0 Å². The Labute approximate surface area is 78.7 Å². The monoisotopic (exact) mass is 179 g/mol. The molecule has 1 saturated carbocycles. The maximum Gasteiger partial charge on any atom is 0.145 e. The first kappa shape index (κ1) is 8.60. The summed E-state index contributed by atoms with van der Waals surface area (Å²) >= 11 is 0. The quantitative estimate of drug-likeness (QED) is 0.730. The van der Waals surface area contributed by atoms with Crippen molar-refractivity contribution < 1.29 is 0 Å². The van der Waals surface area contributed by atoms with Gasteiger partial charge in [-0.25, -0.2) is 0 Å². The number of rotatable bonds is 2. The van der Waals surface area contributed by atoms with Gasteiger partial charge >= 0.3 is 0 Å². The summed E-state index contributed by atoms with van der Waals surface area (Å²) in [6.07, 6.45) is 8.09. The molecule has 2 rings (SSSR count). The molecular formula is C10H17N3. The van der Waals surface area contributed by atoms with E-state index >= 15 is 0 Å². The number of nitrogens with one attached hydrogen (secondary N) is 1. The third-order valence-corrected chi connectivity index (χ3v) is 2.88. The van der Waals surface area contributed by atoms with Gasteiger partial charge in [0.15, 0.2) is 0 Å². The first-order valence-corrected chi connectivity index (χ1v) is 5.14. The van der Waals surface area contributed by atoms with Gasteiger partial charge in [0.1, 0.15) is 5.82 Å².